The number of nitrogens with zero attached hydrogens (tertiary/aromatic N) is 2. The number of benzene rings is 1. The van der Waals surface area contributed by atoms with Crippen LogP contribution in [0.1, 0.15) is 31.4 Å². The van der Waals surface area contributed by atoms with Crippen LogP contribution < -0.4 is 34.3 Å². The Morgan fingerprint density at radius 1 is 1.40 bits per heavy atom. The number of fused-ring (bicyclic) bond motifs is 1. The van der Waals surface area contributed by atoms with Gasteiger partial charge in [-0.25, -0.2) is 9.37 Å². The van der Waals surface area contributed by atoms with E-state index in [2.05, 4.69) is 15.0 Å². The van der Waals surface area contributed by atoms with Crippen molar-refractivity contribution in [3.63, 3.8) is 0 Å². The zero-order valence-electron chi connectivity index (χ0n) is 15.1. The van der Waals surface area contributed by atoms with Crippen LogP contribution in [0.15, 0.2) is 35.6 Å². The van der Waals surface area contributed by atoms with Crippen LogP contribution in [0.2, 0.25) is 0 Å². The van der Waals surface area contributed by atoms with Crippen LogP contribution in [0, 0.1) is 5.82 Å². The summed E-state index contributed by atoms with van der Waals surface area (Å²) in [7, 11) is 0.192. The maximum atomic E-state index is 13.3. The number of aromatic amines is 1. The monoisotopic (exact) mass is 369 g/mol. The third-order valence-corrected chi connectivity index (χ3v) is 5.30. The average molecular weight is 369 g/mol. The Bertz CT molecular complexity index is 949. The molecule has 3 aromatic rings. The number of aromatic nitrogens is 3. The van der Waals surface area contributed by atoms with Gasteiger partial charge in [-0.1, -0.05) is 0 Å². The van der Waals surface area contributed by atoms with Crippen molar-refractivity contribution in [3.8, 4) is 5.75 Å². The summed E-state index contributed by atoms with van der Waals surface area (Å²) in [6.07, 6.45) is 4.03. The Morgan fingerprint density at radius 3 is 2.92 bits per heavy atom. The Morgan fingerprint density at radius 2 is 2.20 bits per heavy atom. The second-order valence-corrected chi connectivity index (χ2v) is 7.21. The summed E-state index contributed by atoms with van der Waals surface area (Å²) in [6.45, 7) is 0. The number of rotatable bonds is 5. The SMILES string of the molecule is COc1c(C2CC2)ccnc1CS(=O)c1nc2ccc(F)cc2[nH]1.[H-].[Na+]. The molecular weight excluding hydrogens is 352 g/mol. The molecule has 1 aliphatic carbocycles. The van der Waals surface area contributed by atoms with Gasteiger partial charge in [-0.2, -0.15) is 0 Å². The molecular formula is C17H17FN3NaO2S. The molecule has 1 aromatic carbocycles. The van der Waals surface area contributed by atoms with Crippen molar-refractivity contribution in [1.82, 2.24) is 15.0 Å². The van der Waals surface area contributed by atoms with Gasteiger partial charge in [0.05, 0.1) is 40.4 Å². The Hall–Kier alpha value is -1.28. The van der Waals surface area contributed by atoms with E-state index in [0.29, 0.717) is 27.8 Å². The molecule has 1 unspecified atom stereocenters. The molecule has 4 rings (SSSR count). The van der Waals surface area contributed by atoms with Crippen molar-refractivity contribution in [1.29, 1.82) is 0 Å². The van der Waals surface area contributed by atoms with Crippen LogP contribution in [-0.2, 0) is 16.6 Å². The fourth-order valence-electron chi connectivity index (χ4n) is 2.82. The molecule has 0 radical (unpaired) electrons. The van der Waals surface area contributed by atoms with Crippen molar-refractivity contribution in [2.75, 3.05) is 7.11 Å². The molecule has 2 aromatic heterocycles. The number of hydrogen-bond acceptors (Lipinski definition) is 4. The quantitative estimate of drug-likeness (QED) is 0.662. The van der Waals surface area contributed by atoms with Crippen molar-refractivity contribution >= 4 is 21.8 Å². The molecule has 25 heavy (non-hydrogen) atoms. The number of methoxy groups -OCH3 is 1. The minimum Gasteiger partial charge on any atom is -1.00 e. The second-order valence-electron chi connectivity index (χ2n) is 5.85. The van der Waals surface area contributed by atoms with Crippen LogP contribution in [0.4, 0.5) is 4.39 Å². The number of pyridine rings is 1. The predicted octanol–water partition coefficient (Wildman–Crippen LogP) is 0.407. The molecule has 1 atom stereocenters. The fraction of sp³-hybridized carbons (Fsp3) is 0.294. The number of imidazole rings is 1. The van der Waals surface area contributed by atoms with Crippen LogP contribution in [-0.4, -0.2) is 26.3 Å². The molecule has 1 aliphatic rings. The van der Waals surface area contributed by atoms with Gasteiger partial charge in [0.15, 0.2) is 5.16 Å². The van der Waals surface area contributed by atoms with Gasteiger partial charge in [-0.15, -0.1) is 0 Å². The minimum atomic E-state index is -1.42. The number of H-pyrrole nitrogens is 1. The molecule has 0 aliphatic heterocycles. The first-order valence-electron chi connectivity index (χ1n) is 7.71. The van der Waals surface area contributed by atoms with Gasteiger partial charge in [0, 0.05) is 11.8 Å². The number of ether oxygens (including phenoxy) is 1. The summed E-state index contributed by atoms with van der Waals surface area (Å²) in [5, 5.41) is 0.316. The molecule has 1 saturated carbocycles. The minimum absolute atomic E-state index is 0. The summed E-state index contributed by atoms with van der Waals surface area (Å²) in [5.74, 6) is 1.08. The van der Waals surface area contributed by atoms with E-state index >= 15 is 0 Å². The normalized spacial score (nSPS) is 15.0. The largest absolute Gasteiger partial charge is 1.00 e. The zero-order valence-corrected chi connectivity index (χ0v) is 16.9. The maximum absolute atomic E-state index is 13.3. The molecule has 126 valence electrons. The van der Waals surface area contributed by atoms with E-state index in [1.807, 2.05) is 6.07 Å². The van der Waals surface area contributed by atoms with E-state index < -0.39 is 10.8 Å². The fourth-order valence-corrected chi connectivity index (χ4v) is 3.84. The molecule has 8 heteroatoms. The number of halogens is 1. The van der Waals surface area contributed by atoms with E-state index in [0.717, 1.165) is 24.2 Å². The smallest absolute Gasteiger partial charge is 1.00 e. The molecule has 0 amide bonds. The summed E-state index contributed by atoms with van der Waals surface area (Å²) in [5.41, 5.74) is 2.91. The summed E-state index contributed by atoms with van der Waals surface area (Å²) in [6, 6.07) is 6.20. The molecule has 0 bridgehead atoms. The standard InChI is InChI=1S/C17H16FN3O2S.Na.H/c1-23-16-12(10-2-3-10)6-7-19-15(16)9-24(22)17-20-13-5-4-11(18)8-14(13)21-17;;/h4-8,10H,2-3,9H2,1H3,(H,20,21);;/q;+1;-1. The summed E-state index contributed by atoms with van der Waals surface area (Å²) < 4.78 is 31.4. The van der Waals surface area contributed by atoms with Crippen LogP contribution in [0.25, 0.3) is 11.0 Å². The van der Waals surface area contributed by atoms with E-state index in [-0.39, 0.29) is 42.6 Å². The molecule has 1 fully saturated rings. The first-order chi connectivity index (χ1) is 11.7. The molecule has 5 nitrogen and oxygen atoms in total. The topological polar surface area (TPSA) is 67.9 Å². The van der Waals surface area contributed by atoms with Gasteiger partial charge >= 0.3 is 29.6 Å². The van der Waals surface area contributed by atoms with Crippen LogP contribution in [0.5, 0.6) is 5.75 Å². The molecule has 0 spiro atoms. The van der Waals surface area contributed by atoms with Crippen molar-refractivity contribution < 1.29 is 44.3 Å². The molecule has 2 heterocycles. The summed E-state index contributed by atoms with van der Waals surface area (Å²) in [4.78, 5) is 11.5. The zero-order chi connectivity index (χ0) is 16.7. The number of nitrogens with one attached hydrogen (secondary N) is 1. The first kappa shape index (κ1) is 18.5. The van der Waals surface area contributed by atoms with Gasteiger partial charge in [-0.3, -0.25) is 9.19 Å². The third-order valence-electron chi connectivity index (χ3n) is 4.14. The van der Waals surface area contributed by atoms with Gasteiger partial charge < -0.3 is 11.1 Å². The van der Waals surface area contributed by atoms with Crippen molar-refractivity contribution in [2.24, 2.45) is 0 Å². The second kappa shape index (κ2) is 7.53. The third kappa shape index (κ3) is 3.79. The molecule has 1 N–H and O–H groups in total. The Kier molecular flexibility index (Phi) is 5.58. The van der Waals surface area contributed by atoms with Gasteiger partial charge in [0.25, 0.3) is 0 Å². The Balaban J connectivity index is 0.00000121. The van der Waals surface area contributed by atoms with Crippen molar-refractivity contribution in [2.45, 2.75) is 29.7 Å². The average Bonchev–Trinajstić information content (AvgIpc) is 3.33. The van der Waals surface area contributed by atoms with Gasteiger partial charge in [0.2, 0.25) is 0 Å². The molecule has 0 saturated heterocycles. The van der Waals surface area contributed by atoms with E-state index in [4.69, 9.17) is 4.74 Å². The predicted molar refractivity (Wildman–Crippen MR) is 90.0 cm³/mol. The van der Waals surface area contributed by atoms with Crippen LogP contribution >= 0.6 is 0 Å². The maximum Gasteiger partial charge on any atom is 1.00 e. The van der Waals surface area contributed by atoms with E-state index in [1.54, 1.807) is 19.4 Å². The number of hydrogen-bond donors (Lipinski definition) is 1. The van der Waals surface area contributed by atoms with Crippen molar-refractivity contribution in [3.05, 3.63) is 47.5 Å². The summed E-state index contributed by atoms with van der Waals surface area (Å²) >= 11 is 0. The Labute approximate surface area is 170 Å². The van der Waals surface area contributed by atoms with Crippen LogP contribution in [0.3, 0.4) is 0 Å². The van der Waals surface area contributed by atoms with Gasteiger partial charge in [0.1, 0.15) is 11.6 Å². The first-order valence-corrected chi connectivity index (χ1v) is 9.03. The van der Waals surface area contributed by atoms with E-state index in [9.17, 15) is 8.60 Å². The van der Waals surface area contributed by atoms with E-state index in [1.165, 1.54) is 12.1 Å². The van der Waals surface area contributed by atoms with Gasteiger partial charge in [-0.05, 0) is 43.0 Å².